The van der Waals surface area contributed by atoms with Crippen LogP contribution in [0, 0.1) is 18.3 Å². The van der Waals surface area contributed by atoms with Crippen LogP contribution in [0.2, 0.25) is 0 Å². The van der Waals surface area contributed by atoms with E-state index < -0.39 is 15.8 Å². The first kappa shape index (κ1) is 18.2. The van der Waals surface area contributed by atoms with Crippen LogP contribution < -0.4 is 0 Å². The van der Waals surface area contributed by atoms with Gasteiger partial charge in [0.2, 0.25) is 0 Å². The number of aryl methyl sites for hydroxylation is 1. The van der Waals surface area contributed by atoms with Crippen LogP contribution in [0.15, 0.2) is 11.0 Å². The second-order valence-electron chi connectivity index (χ2n) is 5.42. The van der Waals surface area contributed by atoms with Gasteiger partial charge in [-0.25, -0.2) is 13.2 Å². The van der Waals surface area contributed by atoms with E-state index in [9.17, 15) is 23.6 Å². The summed E-state index contributed by atoms with van der Waals surface area (Å²) in [6.07, 6.45) is 5.47. The summed E-state index contributed by atoms with van der Waals surface area (Å²) >= 11 is 0. The molecule has 120 valence electrons. The third kappa shape index (κ3) is 4.08. The fourth-order valence-electron chi connectivity index (χ4n) is 2.56. The third-order valence-corrected chi connectivity index (χ3v) is 4.79. The van der Waals surface area contributed by atoms with Crippen LogP contribution in [0.4, 0.5) is 0 Å². The first-order valence-corrected chi connectivity index (χ1v) is 9.13. The number of unbranched alkanes of at least 4 members (excludes halogenated alkanes) is 3. The van der Waals surface area contributed by atoms with Crippen LogP contribution >= 0.6 is 0 Å². The largest absolute Gasteiger partial charge is 0.478 e. The highest BCUT2D eigenvalue weighted by Crippen LogP contribution is 2.29. The molecule has 1 rings (SSSR count). The van der Waals surface area contributed by atoms with Gasteiger partial charge < -0.3 is 5.11 Å². The number of rotatable bonds is 7. The minimum absolute atomic E-state index is 0.121. The van der Waals surface area contributed by atoms with Crippen LogP contribution in [-0.2, 0) is 16.3 Å². The summed E-state index contributed by atoms with van der Waals surface area (Å²) in [4.78, 5) is 11.2. The zero-order valence-electron chi connectivity index (χ0n) is 13.1. The Kier molecular flexibility index (Phi) is 6.12. The number of nitriles is 1. The van der Waals surface area contributed by atoms with Gasteiger partial charge in [-0.05, 0) is 37.0 Å². The predicted octanol–water partition coefficient (Wildman–Crippen LogP) is 3.09. The molecule has 1 aromatic carbocycles. The lowest BCUT2D eigenvalue weighted by Gasteiger charge is -2.15. The fourth-order valence-corrected chi connectivity index (χ4v) is 3.79. The number of carboxylic acid groups (broad SMARTS) is 1. The topological polar surface area (TPSA) is 95.2 Å². The van der Waals surface area contributed by atoms with E-state index in [4.69, 9.17) is 0 Å². The van der Waals surface area contributed by atoms with Crippen LogP contribution in [0.5, 0.6) is 0 Å². The molecule has 0 amide bonds. The smallest absolute Gasteiger partial charge is 0.337 e. The number of nitrogens with zero attached hydrogens (tertiary/aromatic N) is 1. The van der Waals surface area contributed by atoms with Crippen molar-refractivity contribution in [2.24, 2.45) is 0 Å². The Hall–Kier alpha value is -1.87. The molecule has 5 nitrogen and oxygen atoms in total. The fraction of sp³-hybridized carbons (Fsp3) is 0.500. The van der Waals surface area contributed by atoms with E-state index in [1.54, 1.807) is 13.0 Å². The maximum atomic E-state index is 12.1. The molecular formula is C16H21NO4S. The second kappa shape index (κ2) is 7.41. The molecule has 0 spiro atoms. The molecule has 6 heteroatoms. The number of benzene rings is 1. The Balaban J connectivity index is 3.50. The minimum atomic E-state index is -3.68. The summed E-state index contributed by atoms with van der Waals surface area (Å²) in [7, 11) is -3.68. The summed E-state index contributed by atoms with van der Waals surface area (Å²) in [5.41, 5.74) is 0.664. The predicted molar refractivity (Wildman–Crippen MR) is 83.8 cm³/mol. The summed E-state index contributed by atoms with van der Waals surface area (Å²) in [5.74, 6) is -1.29. The van der Waals surface area contributed by atoms with Gasteiger partial charge in [0.05, 0.1) is 16.0 Å². The van der Waals surface area contributed by atoms with Crippen LogP contribution in [0.25, 0.3) is 0 Å². The molecule has 0 saturated heterocycles. The Morgan fingerprint density at radius 3 is 2.41 bits per heavy atom. The van der Waals surface area contributed by atoms with Gasteiger partial charge in [-0.2, -0.15) is 5.26 Å². The maximum Gasteiger partial charge on any atom is 0.337 e. The van der Waals surface area contributed by atoms with Gasteiger partial charge in [-0.3, -0.25) is 0 Å². The standard InChI is InChI=1S/C16H21NO4S/c1-4-5-6-7-8-12-11(2)9-13(16(18)19)14(10-17)15(12)22(3,20)21/h9H,4-8H2,1-3H3,(H,18,19). The maximum absolute atomic E-state index is 12.1. The van der Waals surface area contributed by atoms with E-state index in [2.05, 4.69) is 6.92 Å². The molecular weight excluding hydrogens is 302 g/mol. The first-order valence-electron chi connectivity index (χ1n) is 7.24. The summed E-state index contributed by atoms with van der Waals surface area (Å²) in [6.45, 7) is 3.78. The van der Waals surface area contributed by atoms with Gasteiger partial charge in [-0.1, -0.05) is 26.2 Å². The van der Waals surface area contributed by atoms with E-state index in [-0.39, 0.29) is 16.0 Å². The highest BCUT2D eigenvalue weighted by molar-refractivity contribution is 7.90. The molecule has 0 radical (unpaired) electrons. The molecule has 0 bridgehead atoms. The highest BCUT2D eigenvalue weighted by Gasteiger charge is 2.25. The van der Waals surface area contributed by atoms with Crippen molar-refractivity contribution in [3.05, 3.63) is 28.3 Å². The number of aromatic carboxylic acids is 1. The second-order valence-corrected chi connectivity index (χ2v) is 7.38. The zero-order valence-corrected chi connectivity index (χ0v) is 14.0. The molecule has 1 N–H and O–H groups in total. The van der Waals surface area contributed by atoms with Crippen molar-refractivity contribution in [1.82, 2.24) is 0 Å². The summed E-state index contributed by atoms with van der Waals surface area (Å²) in [5, 5.41) is 18.5. The van der Waals surface area contributed by atoms with Crippen molar-refractivity contribution in [3.8, 4) is 6.07 Å². The van der Waals surface area contributed by atoms with E-state index in [0.29, 0.717) is 17.5 Å². The number of sulfone groups is 1. The SMILES string of the molecule is CCCCCCc1c(C)cc(C(=O)O)c(C#N)c1S(C)(=O)=O. The third-order valence-electron chi connectivity index (χ3n) is 3.60. The van der Waals surface area contributed by atoms with Gasteiger partial charge in [0.1, 0.15) is 6.07 Å². The van der Waals surface area contributed by atoms with Gasteiger partial charge in [-0.15, -0.1) is 0 Å². The number of carbonyl (C=O) groups is 1. The van der Waals surface area contributed by atoms with E-state index in [1.807, 2.05) is 0 Å². The lowest BCUT2D eigenvalue weighted by molar-refractivity contribution is 0.0696. The Labute approximate surface area is 131 Å². The normalized spacial score (nSPS) is 11.2. The van der Waals surface area contributed by atoms with Gasteiger partial charge in [0.25, 0.3) is 0 Å². The quantitative estimate of drug-likeness (QED) is 0.778. The van der Waals surface area contributed by atoms with Crippen molar-refractivity contribution in [2.45, 2.75) is 50.8 Å². The van der Waals surface area contributed by atoms with Gasteiger partial charge in [0.15, 0.2) is 9.84 Å². The van der Waals surface area contributed by atoms with Crippen molar-refractivity contribution in [2.75, 3.05) is 6.26 Å². The lowest BCUT2D eigenvalue weighted by atomic mass is 9.95. The van der Waals surface area contributed by atoms with Crippen molar-refractivity contribution < 1.29 is 18.3 Å². The molecule has 0 aliphatic carbocycles. The Morgan fingerprint density at radius 1 is 1.32 bits per heavy atom. The number of hydrogen-bond acceptors (Lipinski definition) is 4. The van der Waals surface area contributed by atoms with Crippen LogP contribution in [-0.4, -0.2) is 25.7 Å². The summed E-state index contributed by atoms with van der Waals surface area (Å²) < 4.78 is 24.2. The van der Waals surface area contributed by atoms with Crippen LogP contribution in [0.1, 0.15) is 59.7 Å². The molecule has 0 fully saturated rings. The zero-order chi connectivity index (χ0) is 16.9. The molecule has 0 heterocycles. The average Bonchev–Trinajstić information content (AvgIpc) is 2.42. The lowest BCUT2D eigenvalue weighted by Crippen LogP contribution is -2.13. The van der Waals surface area contributed by atoms with Gasteiger partial charge >= 0.3 is 5.97 Å². The summed E-state index contributed by atoms with van der Waals surface area (Å²) in [6, 6.07) is 3.15. The molecule has 1 aromatic rings. The van der Waals surface area contributed by atoms with E-state index in [0.717, 1.165) is 31.9 Å². The Morgan fingerprint density at radius 2 is 1.95 bits per heavy atom. The number of carboxylic acids is 1. The van der Waals surface area contributed by atoms with Crippen molar-refractivity contribution in [1.29, 1.82) is 5.26 Å². The molecule has 0 atom stereocenters. The molecule has 0 unspecified atom stereocenters. The Bertz CT molecular complexity index is 715. The van der Waals surface area contributed by atoms with Crippen molar-refractivity contribution >= 4 is 15.8 Å². The molecule has 0 aliphatic rings. The van der Waals surface area contributed by atoms with E-state index >= 15 is 0 Å². The first-order chi connectivity index (χ1) is 10.2. The number of hydrogen-bond donors (Lipinski definition) is 1. The van der Waals surface area contributed by atoms with E-state index in [1.165, 1.54) is 6.07 Å². The minimum Gasteiger partial charge on any atom is -0.478 e. The molecule has 0 aromatic heterocycles. The van der Waals surface area contributed by atoms with Gasteiger partial charge in [0, 0.05) is 6.26 Å². The highest BCUT2D eigenvalue weighted by atomic mass is 32.2. The van der Waals surface area contributed by atoms with Crippen molar-refractivity contribution in [3.63, 3.8) is 0 Å². The molecule has 0 saturated carbocycles. The monoisotopic (exact) mass is 323 g/mol. The molecule has 22 heavy (non-hydrogen) atoms. The average molecular weight is 323 g/mol. The van der Waals surface area contributed by atoms with Crippen LogP contribution in [0.3, 0.4) is 0 Å². The molecule has 0 aliphatic heterocycles.